The maximum atomic E-state index is 14.0. The smallest absolute Gasteiger partial charge is 0.416 e. The first-order chi connectivity index (χ1) is 19.7. The van der Waals surface area contributed by atoms with E-state index in [0.29, 0.717) is 42.4 Å². The fourth-order valence-electron chi connectivity index (χ4n) is 4.82. The number of carbonyl (C=O) groups is 1. The van der Waals surface area contributed by atoms with Crippen molar-refractivity contribution in [3.05, 3.63) is 102 Å². The topological polar surface area (TPSA) is 74.4 Å². The second-order valence-corrected chi connectivity index (χ2v) is 9.90. The number of benzene rings is 3. The van der Waals surface area contributed by atoms with Gasteiger partial charge in [-0.25, -0.2) is 4.98 Å². The standard InChI is InChI=1S/C31H28F3N5O2/c1-2-3-12-37-19-27-17-36-21-38(27)18-22-10-11-23(16-35)29(13-22)41-28-9-5-8-26(15-28)39(30(40)20-37)25-7-4-6-24(14-25)31(32,33)34/h4-11,13-15,17,21H,2-3,12,18-20H2,1H3. The van der Waals surface area contributed by atoms with E-state index in [4.69, 9.17) is 4.74 Å². The molecule has 10 heteroatoms. The monoisotopic (exact) mass is 559 g/mol. The molecular weight excluding hydrogens is 531 g/mol. The summed E-state index contributed by atoms with van der Waals surface area (Å²) in [5.41, 5.74) is 1.68. The molecule has 5 rings (SSSR count). The Morgan fingerprint density at radius 2 is 1.78 bits per heavy atom. The number of imidazole rings is 1. The Bertz CT molecular complexity index is 1590. The number of rotatable bonds is 4. The van der Waals surface area contributed by atoms with Crippen LogP contribution in [0.3, 0.4) is 0 Å². The molecule has 1 aliphatic rings. The van der Waals surface area contributed by atoms with Crippen molar-refractivity contribution in [1.82, 2.24) is 14.5 Å². The zero-order chi connectivity index (χ0) is 29.0. The molecule has 1 aliphatic heterocycles. The van der Waals surface area contributed by atoms with Gasteiger partial charge in [0.1, 0.15) is 17.6 Å². The minimum atomic E-state index is -4.57. The van der Waals surface area contributed by atoms with Crippen LogP contribution in [0.25, 0.3) is 0 Å². The molecule has 3 aromatic carbocycles. The third-order valence-corrected chi connectivity index (χ3v) is 6.87. The van der Waals surface area contributed by atoms with Gasteiger partial charge in [-0.1, -0.05) is 31.5 Å². The summed E-state index contributed by atoms with van der Waals surface area (Å²) in [5, 5.41) is 9.69. The van der Waals surface area contributed by atoms with Crippen molar-refractivity contribution >= 4 is 17.3 Å². The highest BCUT2D eigenvalue weighted by Gasteiger charge is 2.32. The molecule has 1 amide bonds. The van der Waals surface area contributed by atoms with Crippen molar-refractivity contribution in [3.8, 4) is 17.6 Å². The molecule has 2 heterocycles. The van der Waals surface area contributed by atoms with Gasteiger partial charge in [0.2, 0.25) is 5.91 Å². The molecule has 0 saturated heterocycles. The molecular formula is C31H28F3N5O2. The van der Waals surface area contributed by atoms with Crippen molar-refractivity contribution in [2.24, 2.45) is 0 Å². The molecule has 0 unspecified atom stereocenters. The fourth-order valence-corrected chi connectivity index (χ4v) is 4.82. The lowest BCUT2D eigenvalue weighted by Gasteiger charge is -2.28. The summed E-state index contributed by atoms with van der Waals surface area (Å²) in [6, 6.07) is 18.8. The lowest BCUT2D eigenvalue weighted by Crippen LogP contribution is -2.38. The van der Waals surface area contributed by atoms with Gasteiger partial charge in [-0.2, -0.15) is 18.4 Å². The third-order valence-electron chi connectivity index (χ3n) is 6.87. The van der Waals surface area contributed by atoms with Crippen LogP contribution in [0, 0.1) is 11.3 Å². The highest BCUT2D eigenvalue weighted by molar-refractivity contribution is 6.02. The van der Waals surface area contributed by atoms with Gasteiger partial charge in [-0.3, -0.25) is 14.6 Å². The maximum Gasteiger partial charge on any atom is 0.416 e. The zero-order valence-electron chi connectivity index (χ0n) is 22.4. The highest BCUT2D eigenvalue weighted by Crippen LogP contribution is 2.36. The Morgan fingerprint density at radius 1 is 1.00 bits per heavy atom. The van der Waals surface area contributed by atoms with Gasteiger partial charge in [0.15, 0.2) is 0 Å². The van der Waals surface area contributed by atoms with E-state index in [1.54, 1.807) is 48.9 Å². The summed E-state index contributed by atoms with van der Waals surface area (Å²) < 4.78 is 49.0. The molecule has 0 atom stereocenters. The van der Waals surface area contributed by atoms with Crippen molar-refractivity contribution in [2.45, 2.75) is 39.0 Å². The number of halogens is 3. The number of fused-ring (bicyclic) bond motifs is 5. The predicted octanol–water partition coefficient (Wildman–Crippen LogP) is 6.89. The van der Waals surface area contributed by atoms with Crippen LogP contribution < -0.4 is 9.64 Å². The van der Waals surface area contributed by atoms with Crippen molar-refractivity contribution in [2.75, 3.05) is 18.0 Å². The van der Waals surface area contributed by atoms with E-state index in [1.807, 2.05) is 15.5 Å². The van der Waals surface area contributed by atoms with Gasteiger partial charge in [0.05, 0.1) is 35.4 Å². The van der Waals surface area contributed by atoms with Crippen LogP contribution >= 0.6 is 0 Å². The molecule has 41 heavy (non-hydrogen) atoms. The van der Waals surface area contributed by atoms with E-state index in [2.05, 4.69) is 18.0 Å². The third kappa shape index (κ3) is 6.42. The van der Waals surface area contributed by atoms with Crippen LogP contribution in [0.5, 0.6) is 11.5 Å². The molecule has 0 saturated carbocycles. The second-order valence-electron chi connectivity index (χ2n) is 9.90. The summed E-state index contributed by atoms with van der Waals surface area (Å²) in [7, 11) is 0. The number of ether oxygens (including phenoxy) is 1. The number of carbonyl (C=O) groups excluding carboxylic acids is 1. The quantitative estimate of drug-likeness (QED) is 0.272. The van der Waals surface area contributed by atoms with E-state index >= 15 is 0 Å². The van der Waals surface area contributed by atoms with E-state index in [0.717, 1.165) is 36.2 Å². The Hall–Kier alpha value is -4.62. The van der Waals surface area contributed by atoms with Crippen LogP contribution in [0.1, 0.15) is 42.1 Å². The van der Waals surface area contributed by atoms with Gasteiger partial charge >= 0.3 is 6.18 Å². The summed E-state index contributed by atoms with van der Waals surface area (Å²) in [6.07, 6.45) is 0.636. The first kappa shape index (κ1) is 27.9. The second kappa shape index (κ2) is 11.9. The van der Waals surface area contributed by atoms with Crippen LogP contribution in [-0.4, -0.2) is 33.4 Å². The minimum absolute atomic E-state index is 0.0289. The molecule has 1 aromatic heterocycles. The lowest BCUT2D eigenvalue weighted by molar-refractivity contribution is -0.137. The van der Waals surface area contributed by atoms with Gasteiger partial charge in [0.25, 0.3) is 0 Å². The molecule has 210 valence electrons. The predicted molar refractivity (Wildman–Crippen MR) is 148 cm³/mol. The van der Waals surface area contributed by atoms with Crippen LogP contribution in [-0.2, 0) is 24.1 Å². The molecule has 0 aliphatic carbocycles. The van der Waals surface area contributed by atoms with Crippen LogP contribution in [0.15, 0.2) is 79.3 Å². The minimum Gasteiger partial charge on any atom is -0.456 e. The Morgan fingerprint density at radius 3 is 2.54 bits per heavy atom. The van der Waals surface area contributed by atoms with E-state index in [1.165, 1.54) is 17.0 Å². The molecule has 0 fully saturated rings. The lowest BCUT2D eigenvalue weighted by atomic mass is 10.1. The first-order valence-electron chi connectivity index (χ1n) is 13.3. The van der Waals surface area contributed by atoms with Gasteiger partial charge in [-0.15, -0.1) is 0 Å². The average Bonchev–Trinajstić information content (AvgIpc) is 3.37. The Balaban J connectivity index is 1.65. The fraction of sp³-hybridized carbons (Fsp3) is 0.258. The number of aromatic nitrogens is 2. The normalized spacial score (nSPS) is 14.4. The number of hydrogen-bond donors (Lipinski definition) is 0. The number of unbranched alkanes of at least 4 members (excludes halogenated alkanes) is 1. The summed E-state index contributed by atoms with van der Waals surface area (Å²) >= 11 is 0. The van der Waals surface area contributed by atoms with Crippen molar-refractivity contribution < 1.29 is 22.7 Å². The van der Waals surface area contributed by atoms with Crippen molar-refractivity contribution in [1.29, 1.82) is 5.26 Å². The average molecular weight is 560 g/mol. The number of nitrogens with zero attached hydrogens (tertiary/aromatic N) is 5. The van der Waals surface area contributed by atoms with Gasteiger partial charge in [0, 0.05) is 31.0 Å². The van der Waals surface area contributed by atoms with E-state index in [-0.39, 0.29) is 12.2 Å². The van der Waals surface area contributed by atoms with Gasteiger partial charge in [-0.05, 0) is 61.0 Å². The van der Waals surface area contributed by atoms with Crippen molar-refractivity contribution in [3.63, 3.8) is 0 Å². The summed E-state index contributed by atoms with van der Waals surface area (Å²) in [4.78, 5) is 21.6. The van der Waals surface area contributed by atoms with E-state index in [9.17, 15) is 23.2 Å². The van der Waals surface area contributed by atoms with Gasteiger partial charge < -0.3 is 9.30 Å². The van der Waals surface area contributed by atoms with E-state index < -0.39 is 17.6 Å². The summed E-state index contributed by atoms with van der Waals surface area (Å²) in [5.74, 6) is 0.277. The van der Waals surface area contributed by atoms with Crippen LogP contribution in [0.4, 0.5) is 24.5 Å². The highest BCUT2D eigenvalue weighted by atomic mass is 19.4. The maximum absolute atomic E-state index is 14.0. The molecule has 7 nitrogen and oxygen atoms in total. The number of anilines is 2. The molecule has 4 aromatic rings. The molecule has 0 N–H and O–H groups in total. The zero-order valence-corrected chi connectivity index (χ0v) is 22.4. The first-order valence-corrected chi connectivity index (χ1v) is 13.3. The summed E-state index contributed by atoms with van der Waals surface area (Å²) in [6.45, 7) is 3.54. The number of nitriles is 1. The number of amides is 1. The Labute approximate surface area is 236 Å². The molecule has 4 bridgehead atoms. The molecule has 0 spiro atoms. The number of alkyl halides is 3. The SMILES string of the molecule is CCCCN1CC(=O)N(c2cccc(C(F)(F)F)c2)c2cccc(c2)Oc2cc(ccc2C#N)Cn2cncc2C1. The van der Waals surface area contributed by atoms with Crippen LogP contribution in [0.2, 0.25) is 0 Å². The molecule has 0 radical (unpaired) electrons. The Kier molecular flexibility index (Phi) is 8.08. The number of hydrogen-bond acceptors (Lipinski definition) is 5. The largest absolute Gasteiger partial charge is 0.456 e.